The summed E-state index contributed by atoms with van der Waals surface area (Å²) >= 11 is 0. The van der Waals surface area contributed by atoms with Gasteiger partial charge in [-0.2, -0.15) is 0 Å². The standard InChI is InChI=1S/C14H31N3O/c1-4-15-14(5-10-18)12-17-8-6-16(7-9-17)11-13(2)3/h13-15,18H,4-12H2,1-3H3. The molecule has 1 fully saturated rings. The molecule has 0 aromatic rings. The van der Waals surface area contributed by atoms with Crippen LogP contribution < -0.4 is 5.32 Å². The van der Waals surface area contributed by atoms with E-state index in [0.717, 1.165) is 25.4 Å². The highest BCUT2D eigenvalue weighted by Crippen LogP contribution is 2.06. The third kappa shape index (κ3) is 6.14. The van der Waals surface area contributed by atoms with Crippen LogP contribution >= 0.6 is 0 Å². The molecule has 1 heterocycles. The molecule has 0 saturated carbocycles. The number of likely N-dealkylation sites (N-methyl/N-ethyl adjacent to an activating group) is 1. The first-order chi connectivity index (χ1) is 8.65. The maximum absolute atomic E-state index is 9.07. The van der Waals surface area contributed by atoms with E-state index in [1.54, 1.807) is 0 Å². The normalized spacial score (nSPS) is 20.5. The van der Waals surface area contributed by atoms with Crippen LogP contribution in [0.2, 0.25) is 0 Å². The second-order valence-corrected chi connectivity index (χ2v) is 5.76. The molecule has 4 heteroatoms. The van der Waals surface area contributed by atoms with Crippen molar-refractivity contribution in [3.05, 3.63) is 0 Å². The van der Waals surface area contributed by atoms with E-state index in [2.05, 4.69) is 35.9 Å². The SMILES string of the molecule is CCNC(CCO)CN1CCN(CC(C)C)CC1. The van der Waals surface area contributed by atoms with Crippen LogP contribution in [0.5, 0.6) is 0 Å². The van der Waals surface area contributed by atoms with Crippen molar-refractivity contribution in [2.75, 3.05) is 52.4 Å². The first-order valence-electron chi connectivity index (χ1n) is 7.44. The lowest BCUT2D eigenvalue weighted by atomic mass is 10.1. The van der Waals surface area contributed by atoms with Crippen LogP contribution in [0.4, 0.5) is 0 Å². The molecule has 0 aromatic heterocycles. The molecule has 1 aliphatic heterocycles. The van der Waals surface area contributed by atoms with Gasteiger partial charge in [0.1, 0.15) is 0 Å². The van der Waals surface area contributed by atoms with Gasteiger partial charge in [0.05, 0.1) is 0 Å². The Morgan fingerprint density at radius 2 is 1.61 bits per heavy atom. The minimum absolute atomic E-state index is 0.283. The van der Waals surface area contributed by atoms with E-state index >= 15 is 0 Å². The summed E-state index contributed by atoms with van der Waals surface area (Å²) in [6, 6.07) is 0.441. The summed E-state index contributed by atoms with van der Waals surface area (Å²) in [4.78, 5) is 5.09. The van der Waals surface area contributed by atoms with Gasteiger partial charge in [-0.3, -0.25) is 4.90 Å². The fourth-order valence-corrected chi connectivity index (χ4v) is 2.68. The zero-order valence-corrected chi connectivity index (χ0v) is 12.4. The van der Waals surface area contributed by atoms with Crippen LogP contribution in [0.15, 0.2) is 0 Å². The average Bonchev–Trinajstić information content (AvgIpc) is 2.31. The number of rotatable bonds is 8. The molecule has 0 amide bonds. The van der Waals surface area contributed by atoms with E-state index in [0.29, 0.717) is 6.04 Å². The van der Waals surface area contributed by atoms with E-state index in [9.17, 15) is 0 Å². The average molecular weight is 257 g/mol. The monoisotopic (exact) mass is 257 g/mol. The van der Waals surface area contributed by atoms with Gasteiger partial charge in [0.2, 0.25) is 0 Å². The lowest BCUT2D eigenvalue weighted by Gasteiger charge is -2.37. The lowest BCUT2D eigenvalue weighted by molar-refractivity contribution is 0.110. The van der Waals surface area contributed by atoms with Crippen LogP contribution in [-0.4, -0.2) is 73.4 Å². The Hall–Kier alpha value is -0.160. The zero-order chi connectivity index (χ0) is 13.4. The summed E-state index contributed by atoms with van der Waals surface area (Å²) < 4.78 is 0. The second-order valence-electron chi connectivity index (χ2n) is 5.76. The van der Waals surface area contributed by atoms with E-state index in [1.165, 1.54) is 32.7 Å². The lowest BCUT2D eigenvalue weighted by Crippen LogP contribution is -2.51. The summed E-state index contributed by atoms with van der Waals surface area (Å²) in [5, 5.41) is 12.5. The predicted molar refractivity (Wildman–Crippen MR) is 76.9 cm³/mol. The van der Waals surface area contributed by atoms with Crippen molar-refractivity contribution >= 4 is 0 Å². The number of aliphatic hydroxyl groups is 1. The van der Waals surface area contributed by atoms with Gasteiger partial charge in [0.25, 0.3) is 0 Å². The Labute approximate surface area is 112 Å². The Kier molecular flexibility index (Phi) is 7.82. The highest BCUT2D eigenvalue weighted by Gasteiger charge is 2.19. The molecule has 0 spiro atoms. The van der Waals surface area contributed by atoms with E-state index in [-0.39, 0.29) is 6.61 Å². The van der Waals surface area contributed by atoms with E-state index in [4.69, 9.17) is 5.11 Å². The van der Waals surface area contributed by atoms with Crippen molar-refractivity contribution in [2.24, 2.45) is 5.92 Å². The summed E-state index contributed by atoms with van der Waals surface area (Å²) in [6.07, 6.45) is 0.861. The van der Waals surface area contributed by atoms with Crippen LogP contribution in [-0.2, 0) is 0 Å². The van der Waals surface area contributed by atoms with E-state index in [1.807, 2.05) is 0 Å². The molecule has 0 aliphatic carbocycles. The smallest absolute Gasteiger partial charge is 0.0446 e. The molecule has 0 bridgehead atoms. The van der Waals surface area contributed by atoms with Crippen molar-refractivity contribution < 1.29 is 5.11 Å². The number of piperazine rings is 1. The van der Waals surface area contributed by atoms with Crippen molar-refractivity contribution in [1.82, 2.24) is 15.1 Å². The van der Waals surface area contributed by atoms with Gasteiger partial charge >= 0.3 is 0 Å². The second kappa shape index (κ2) is 8.86. The van der Waals surface area contributed by atoms with Gasteiger partial charge in [-0.1, -0.05) is 20.8 Å². The Morgan fingerprint density at radius 1 is 1.06 bits per heavy atom. The Balaban J connectivity index is 2.24. The fourth-order valence-electron chi connectivity index (χ4n) is 2.68. The molecule has 1 atom stereocenters. The molecule has 1 rings (SSSR count). The minimum Gasteiger partial charge on any atom is -0.396 e. The molecule has 1 aliphatic rings. The van der Waals surface area contributed by atoms with Gasteiger partial charge in [-0.05, 0) is 18.9 Å². The maximum Gasteiger partial charge on any atom is 0.0446 e. The number of aliphatic hydroxyl groups excluding tert-OH is 1. The maximum atomic E-state index is 9.07. The Bertz CT molecular complexity index is 197. The van der Waals surface area contributed by atoms with Crippen molar-refractivity contribution in [3.63, 3.8) is 0 Å². The molecule has 1 saturated heterocycles. The predicted octanol–water partition coefficient (Wildman–Crippen LogP) is 0.621. The van der Waals surface area contributed by atoms with Crippen molar-refractivity contribution in [3.8, 4) is 0 Å². The van der Waals surface area contributed by atoms with Gasteiger partial charge in [0.15, 0.2) is 0 Å². The topological polar surface area (TPSA) is 38.7 Å². The van der Waals surface area contributed by atoms with Gasteiger partial charge in [0, 0.05) is 51.9 Å². The number of hydrogen-bond acceptors (Lipinski definition) is 4. The first kappa shape index (κ1) is 15.9. The quantitative estimate of drug-likeness (QED) is 0.669. The molecule has 18 heavy (non-hydrogen) atoms. The van der Waals surface area contributed by atoms with Gasteiger partial charge in [-0.25, -0.2) is 0 Å². The van der Waals surface area contributed by atoms with Crippen molar-refractivity contribution in [2.45, 2.75) is 33.2 Å². The largest absolute Gasteiger partial charge is 0.396 e. The summed E-state index contributed by atoms with van der Waals surface area (Å²) in [5.41, 5.74) is 0. The first-order valence-corrected chi connectivity index (χ1v) is 7.44. The molecule has 0 radical (unpaired) electrons. The molecule has 108 valence electrons. The fraction of sp³-hybridized carbons (Fsp3) is 1.00. The van der Waals surface area contributed by atoms with Crippen LogP contribution in [0.3, 0.4) is 0 Å². The number of nitrogens with zero attached hydrogens (tertiary/aromatic N) is 2. The summed E-state index contributed by atoms with van der Waals surface area (Å²) in [7, 11) is 0. The molecular formula is C14H31N3O. The molecule has 2 N–H and O–H groups in total. The third-order valence-electron chi connectivity index (χ3n) is 3.54. The number of nitrogens with one attached hydrogen (secondary N) is 1. The molecule has 1 unspecified atom stereocenters. The summed E-state index contributed by atoms with van der Waals surface area (Å²) in [5.74, 6) is 0.764. The summed E-state index contributed by atoms with van der Waals surface area (Å²) in [6.45, 7) is 15.0. The molecule has 4 nitrogen and oxygen atoms in total. The zero-order valence-electron chi connectivity index (χ0n) is 12.4. The molecular weight excluding hydrogens is 226 g/mol. The minimum atomic E-state index is 0.283. The van der Waals surface area contributed by atoms with Gasteiger partial charge in [-0.15, -0.1) is 0 Å². The highest BCUT2D eigenvalue weighted by atomic mass is 16.3. The van der Waals surface area contributed by atoms with Crippen LogP contribution in [0.1, 0.15) is 27.2 Å². The van der Waals surface area contributed by atoms with E-state index < -0.39 is 0 Å². The highest BCUT2D eigenvalue weighted by molar-refractivity contribution is 4.77. The van der Waals surface area contributed by atoms with Crippen LogP contribution in [0.25, 0.3) is 0 Å². The molecule has 0 aromatic carbocycles. The third-order valence-corrected chi connectivity index (χ3v) is 3.54. The Morgan fingerprint density at radius 3 is 2.06 bits per heavy atom. The van der Waals surface area contributed by atoms with Crippen LogP contribution in [0, 0.1) is 5.92 Å². The number of hydrogen-bond donors (Lipinski definition) is 2. The van der Waals surface area contributed by atoms with Crippen molar-refractivity contribution in [1.29, 1.82) is 0 Å². The van der Waals surface area contributed by atoms with Gasteiger partial charge < -0.3 is 15.3 Å².